The van der Waals surface area contributed by atoms with E-state index >= 15 is 0 Å². The number of ether oxygens (including phenoxy) is 1. The Hall–Kier alpha value is -0.340. The molecule has 1 fully saturated rings. The molecule has 2 nitrogen and oxygen atoms in total. The van der Waals surface area contributed by atoms with Crippen LogP contribution in [-0.2, 0) is 4.74 Å². The molecule has 64 valence electrons. The summed E-state index contributed by atoms with van der Waals surface area (Å²) in [5, 5.41) is 9.66. The Morgan fingerprint density at radius 2 is 2.45 bits per heavy atom. The summed E-state index contributed by atoms with van der Waals surface area (Å²) in [5.41, 5.74) is 0. The molecule has 0 unspecified atom stereocenters. The molecule has 0 saturated carbocycles. The fourth-order valence-corrected chi connectivity index (χ4v) is 1.40. The summed E-state index contributed by atoms with van der Waals surface area (Å²) in [6, 6.07) is 0. The van der Waals surface area contributed by atoms with E-state index in [4.69, 9.17) is 4.74 Å². The summed E-state index contributed by atoms with van der Waals surface area (Å²) in [4.78, 5) is 0. The molecular formula is C9H16O2. The van der Waals surface area contributed by atoms with Gasteiger partial charge in [0.2, 0.25) is 0 Å². The van der Waals surface area contributed by atoms with Gasteiger partial charge in [-0.25, -0.2) is 0 Å². The van der Waals surface area contributed by atoms with E-state index in [0.29, 0.717) is 6.61 Å². The molecule has 0 spiro atoms. The van der Waals surface area contributed by atoms with Crippen molar-refractivity contribution in [2.45, 2.75) is 37.9 Å². The average Bonchev–Trinajstić information content (AvgIpc) is 2.38. The Morgan fingerprint density at radius 3 is 3.00 bits per heavy atom. The van der Waals surface area contributed by atoms with Gasteiger partial charge in [-0.3, -0.25) is 0 Å². The first kappa shape index (κ1) is 8.75. The van der Waals surface area contributed by atoms with E-state index in [0.717, 1.165) is 32.1 Å². The van der Waals surface area contributed by atoms with Gasteiger partial charge in [0, 0.05) is 12.8 Å². The van der Waals surface area contributed by atoms with E-state index in [9.17, 15) is 5.11 Å². The maximum Gasteiger partial charge on any atom is 0.165 e. The molecule has 1 saturated heterocycles. The summed E-state index contributed by atoms with van der Waals surface area (Å²) in [5.74, 6) is -0.803. The van der Waals surface area contributed by atoms with Crippen LogP contribution < -0.4 is 0 Å². The molecule has 0 aromatic carbocycles. The third-order valence-corrected chi connectivity index (χ3v) is 2.06. The highest BCUT2D eigenvalue weighted by Gasteiger charge is 2.30. The van der Waals surface area contributed by atoms with Crippen LogP contribution in [0.5, 0.6) is 0 Å². The SMILES string of the molecule is C=CCCC[C@]1(O)CCCO1. The average molecular weight is 156 g/mol. The summed E-state index contributed by atoms with van der Waals surface area (Å²) in [7, 11) is 0. The summed E-state index contributed by atoms with van der Waals surface area (Å²) in [6.45, 7) is 4.34. The molecule has 1 rings (SSSR count). The smallest absolute Gasteiger partial charge is 0.165 e. The first-order valence-corrected chi connectivity index (χ1v) is 4.24. The summed E-state index contributed by atoms with van der Waals surface area (Å²) < 4.78 is 5.21. The van der Waals surface area contributed by atoms with E-state index < -0.39 is 5.79 Å². The van der Waals surface area contributed by atoms with Crippen molar-refractivity contribution in [1.82, 2.24) is 0 Å². The minimum atomic E-state index is -0.803. The van der Waals surface area contributed by atoms with Gasteiger partial charge in [0.1, 0.15) is 0 Å². The second-order valence-corrected chi connectivity index (χ2v) is 3.08. The zero-order chi connectivity index (χ0) is 8.16. The molecule has 1 aliphatic rings. The number of hydrogen-bond donors (Lipinski definition) is 1. The lowest BCUT2D eigenvalue weighted by Gasteiger charge is -2.20. The lowest BCUT2D eigenvalue weighted by atomic mass is 10.1. The monoisotopic (exact) mass is 156 g/mol. The molecule has 1 N–H and O–H groups in total. The molecule has 0 aliphatic carbocycles. The molecule has 1 atom stereocenters. The van der Waals surface area contributed by atoms with Crippen LogP contribution in [0, 0.1) is 0 Å². The maximum absolute atomic E-state index is 9.66. The number of hydrogen-bond acceptors (Lipinski definition) is 2. The van der Waals surface area contributed by atoms with Crippen LogP contribution in [-0.4, -0.2) is 17.5 Å². The minimum Gasteiger partial charge on any atom is -0.365 e. The molecule has 1 aliphatic heterocycles. The van der Waals surface area contributed by atoms with E-state index in [1.807, 2.05) is 6.08 Å². The van der Waals surface area contributed by atoms with Gasteiger partial charge in [-0.15, -0.1) is 6.58 Å². The van der Waals surface area contributed by atoms with Crippen molar-refractivity contribution < 1.29 is 9.84 Å². The van der Waals surface area contributed by atoms with E-state index in [-0.39, 0.29) is 0 Å². The van der Waals surface area contributed by atoms with Crippen LogP contribution in [0.2, 0.25) is 0 Å². The molecule has 11 heavy (non-hydrogen) atoms. The van der Waals surface area contributed by atoms with Gasteiger partial charge >= 0.3 is 0 Å². The molecule has 0 aromatic rings. The second kappa shape index (κ2) is 3.88. The highest BCUT2D eigenvalue weighted by atomic mass is 16.6. The van der Waals surface area contributed by atoms with Gasteiger partial charge in [-0.05, 0) is 19.3 Å². The van der Waals surface area contributed by atoms with E-state index in [1.165, 1.54) is 0 Å². The van der Waals surface area contributed by atoms with Crippen LogP contribution in [0.3, 0.4) is 0 Å². The standard InChI is InChI=1S/C9H16O2/c1-2-3-4-6-9(10)7-5-8-11-9/h2,10H,1,3-8H2/t9-/m1/s1. The fourth-order valence-electron chi connectivity index (χ4n) is 1.40. The second-order valence-electron chi connectivity index (χ2n) is 3.08. The fraction of sp³-hybridized carbons (Fsp3) is 0.778. The highest BCUT2D eigenvalue weighted by Crippen LogP contribution is 2.27. The van der Waals surface area contributed by atoms with Crippen LogP contribution in [0.15, 0.2) is 12.7 Å². The van der Waals surface area contributed by atoms with Crippen molar-refractivity contribution in [2.24, 2.45) is 0 Å². The van der Waals surface area contributed by atoms with Crippen molar-refractivity contribution in [3.63, 3.8) is 0 Å². The minimum absolute atomic E-state index is 0.713. The molecule has 0 aromatic heterocycles. The summed E-state index contributed by atoms with van der Waals surface area (Å²) >= 11 is 0. The van der Waals surface area contributed by atoms with Crippen molar-refractivity contribution >= 4 is 0 Å². The van der Waals surface area contributed by atoms with Crippen LogP contribution in [0.4, 0.5) is 0 Å². The van der Waals surface area contributed by atoms with E-state index in [2.05, 4.69) is 6.58 Å². The Labute approximate surface area is 67.9 Å². The number of allylic oxidation sites excluding steroid dienone is 1. The Kier molecular flexibility index (Phi) is 3.09. The summed E-state index contributed by atoms with van der Waals surface area (Å²) in [6.07, 6.45) is 6.34. The molecule has 1 heterocycles. The third kappa shape index (κ3) is 2.64. The Bertz CT molecular complexity index is 126. The molecule has 2 heteroatoms. The molecule has 0 bridgehead atoms. The highest BCUT2D eigenvalue weighted by molar-refractivity contribution is 4.75. The molecule has 0 radical (unpaired) electrons. The van der Waals surface area contributed by atoms with Crippen LogP contribution in [0.25, 0.3) is 0 Å². The van der Waals surface area contributed by atoms with Crippen molar-refractivity contribution in [2.75, 3.05) is 6.61 Å². The number of aliphatic hydroxyl groups is 1. The first-order valence-electron chi connectivity index (χ1n) is 4.24. The van der Waals surface area contributed by atoms with Gasteiger partial charge in [0.05, 0.1) is 6.61 Å². The van der Waals surface area contributed by atoms with Gasteiger partial charge in [-0.2, -0.15) is 0 Å². The van der Waals surface area contributed by atoms with Crippen molar-refractivity contribution in [1.29, 1.82) is 0 Å². The van der Waals surface area contributed by atoms with Gasteiger partial charge < -0.3 is 9.84 Å². The van der Waals surface area contributed by atoms with Gasteiger partial charge in [0.25, 0.3) is 0 Å². The largest absolute Gasteiger partial charge is 0.365 e. The van der Waals surface area contributed by atoms with Crippen molar-refractivity contribution in [3.8, 4) is 0 Å². The van der Waals surface area contributed by atoms with E-state index in [1.54, 1.807) is 0 Å². The lowest BCUT2D eigenvalue weighted by Crippen LogP contribution is -2.26. The quantitative estimate of drug-likeness (QED) is 0.497. The zero-order valence-electron chi connectivity index (χ0n) is 6.88. The predicted molar refractivity (Wildman–Crippen MR) is 44.2 cm³/mol. The number of unbranched alkanes of at least 4 members (excludes halogenated alkanes) is 1. The molecular weight excluding hydrogens is 140 g/mol. The van der Waals surface area contributed by atoms with Gasteiger partial charge in [-0.1, -0.05) is 6.08 Å². The maximum atomic E-state index is 9.66. The normalized spacial score (nSPS) is 30.6. The topological polar surface area (TPSA) is 29.5 Å². The third-order valence-electron chi connectivity index (χ3n) is 2.06. The van der Waals surface area contributed by atoms with Crippen molar-refractivity contribution in [3.05, 3.63) is 12.7 Å². The van der Waals surface area contributed by atoms with Crippen LogP contribution >= 0.6 is 0 Å². The van der Waals surface area contributed by atoms with Gasteiger partial charge in [0.15, 0.2) is 5.79 Å². The lowest BCUT2D eigenvalue weighted by molar-refractivity contribution is -0.175. The Morgan fingerprint density at radius 1 is 1.64 bits per heavy atom. The Balaban J connectivity index is 2.17. The molecule has 0 amide bonds. The zero-order valence-corrected chi connectivity index (χ0v) is 6.88. The number of rotatable bonds is 4. The predicted octanol–water partition coefficient (Wildman–Crippen LogP) is 1.84. The van der Waals surface area contributed by atoms with Crippen LogP contribution in [0.1, 0.15) is 32.1 Å². The first-order chi connectivity index (χ1) is 5.27.